The molecule has 2 nitrogen and oxygen atoms in total. The topological polar surface area (TPSA) is 20.3 Å². The number of Topliss-reactive ketones (excluding diaryl/α,β-unsaturated/α-hetero) is 1. The Hall–Kier alpha value is -0.800. The highest BCUT2D eigenvalue weighted by atomic mass is 32.2. The van der Waals surface area contributed by atoms with Crippen LogP contribution in [-0.2, 0) is 12.8 Å². The van der Waals surface area contributed by atoms with Crippen molar-refractivity contribution < 1.29 is 4.79 Å². The van der Waals surface area contributed by atoms with E-state index in [0.29, 0.717) is 17.8 Å². The summed E-state index contributed by atoms with van der Waals surface area (Å²) in [6.07, 6.45) is 3.57. The Morgan fingerprint density at radius 3 is 2.95 bits per heavy atom. The third kappa shape index (κ3) is 2.79. The minimum Gasteiger partial charge on any atom is -0.293 e. The highest BCUT2D eigenvalue weighted by molar-refractivity contribution is 8.00. The van der Waals surface area contributed by atoms with Crippen LogP contribution < -0.4 is 0 Å². The molecule has 1 aromatic rings. The average molecular weight is 289 g/mol. The smallest absolute Gasteiger partial charge is 0.176 e. The van der Waals surface area contributed by atoms with Crippen LogP contribution in [0.4, 0.5) is 0 Å². The summed E-state index contributed by atoms with van der Waals surface area (Å²) in [7, 11) is 0. The summed E-state index contributed by atoms with van der Waals surface area (Å²) in [5, 5.41) is 0.622. The van der Waals surface area contributed by atoms with Crippen LogP contribution in [0.15, 0.2) is 18.2 Å². The molecule has 2 unspecified atom stereocenters. The number of benzene rings is 1. The van der Waals surface area contributed by atoms with Gasteiger partial charge in [-0.2, -0.15) is 11.8 Å². The molecule has 2 aliphatic rings. The molecule has 3 heteroatoms. The van der Waals surface area contributed by atoms with Gasteiger partial charge in [0.2, 0.25) is 0 Å². The first-order valence-corrected chi connectivity index (χ1v) is 8.70. The van der Waals surface area contributed by atoms with Crippen molar-refractivity contribution >= 4 is 17.5 Å². The molecule has 0 aromatic heterocycles. The van der Waals surface area contributed by atoms with Crippen molar-refractivity contribution in [3.8, 4) is 0 Å². The molecular weight excluding hydrogens is 266 g/mol. The maximum absolute atomic E-state index is 12.5. The second-order valence-electron chi connectivity index (χ2n) is 6.05. The lowest BCUT2D eigenvalue weighted by Gasteiger charge is -2.36. The second-order valence-corrected chi connectivity index (χ2v) is 7.53. The Morgan fingerprint density at radius 2 is 2.10 bits per heavy atom. The summed E-state index contributed by atoms with van der Waals surface area (Å²) in [6.45, 7) is 6.12. The summed E-state index contributed by atoms with van der Waals surface area (Å²) in [4.78, 5) is 14.9. The molecule has 108 valence electrons. The molecule has 0 saturated carbocycles. The Kier molecular flexibility index (Phi) is 4.18. The van der Waals surface area contributed by atoms with Crippen LogP contribution in [0.2, 0.25) is 0 Å². The van der Waals surface area contributed by atoms with Gasteiger partial charge in [0.15, 0.2) is 5.78 Å². The molecule has 1 aliphatic heterocycles. The van der Waals surface area contributed by atoms with Crippen molar-refractivity contribution in [1.29, 1.82) is 0 Å². The van der Waals surface area contributed by atoms with Gasteiger partial charge in [0.25, 0.3) is 0 Å². The van der Waals surface area contributed by atoms with Gasteiger partial charge in [0, 0.05) is 29.2 Å². The van der Waals surface area contributed by atoms with Gasteiger partial charge in [0.1, 0.15) is 0 Å². The molecule has 1 saturated heterocycles. The van der Waals surface area contributed by atoms with E-state index < -0.39 is 0 Å². The predicted molar refractivity (Wildman–Crippen MR) is 85.8 cm³/mol. The maximum Gasteiger partial charge on any atom is 0.176 e. The van der Waals surface area contributed by atoms with E-state index in [1.54, 1.807) is 0 Å². The number of fused-ring (bicyclic) bond motifs is 1. The fraction of sp³-hybridized carbons (Fsp3) is 0.588. The van der Waals surface area contributed by atoms with E-state index in [9.17, 15) is 4.79 Å². The van der Waals surface area contributed by atoms with Crippen LogP contribution in [0.3, 0.4) is 0 Å². The first kappa shape index (κ1) is 14.2. The number of hydrogen-bond acceptors (Lipinski definition) is 3. The Bertz CT molecular complexity index is 514. The highest BCUT2D eigenvalue weighted by Crippen LogP contribution is 2.26. The van der Waals surface area contributed by atoms with E-state index in [0.717, 1.165) is 24.3 Å². The first-order valence-electron chi connectivity index (χ1n) is 7.66. The standard InChI is InChI=1S/C17H23NOS/c1-12-13(2)20-9-8-18(12)11-17(19)16-7-6-14-4-3-5-15(14)10-16/h6-7,10,12-13H,3-5,8-9,11H2,1-2H3. The summed E-state index contributed by atoms with van der Waals surface area (Å²) in [5.41, 5.74) is 3.74. The lowest BCUT2D eigenvalue weighted by molar-refractivity contribution is 0.0902. The van der Waals surface area contributed by atoms with E-state index in [1.165, 1.54) is 24.0 Å². The fourth-order valence-electron chi connectivity index (χ4n) is 3.24. The van der Waals surface area contributed by atoms with Crippen molar-refractivity contribution in [2.24, 2.45) is 0 Å². The summed E-state index contributed by atoms with van der Waals surface area (Å²) < 4.78 is 0. The normalized spacial score (nSPS) is 26.5. The Morgan fingerprint density at radius 1 is 1.30 bits per heavy atom. The van der Waals surface area contributed by atoms with Crippen LogP contribution in [0.1, 0.15) is 41.8 Å². The molecule has 0 spiro atoms. The zero-order chi connectivity index (χ0) is 14.1. The molecule has 1 aliphatic carbocycles. The van der Waals surface area contributed by atoms with Crippen LogP contribution in [0, 0.1) is 0 Å². The van der Waals surface area contributed by atoms with Gasteiger partial charge >= 0.3 is 0 Å². The van der Waals surface area contributed by atoms with E-state index in [-0.39, 0.29) is 5.78 Å². The molecule has 0 N–H and O–H groups in total. The number of hydrogen-bond donors (Lipinski definition) is 0. The van der Waals surface area contributed by atoms with Crippen LogP contribution in [0.5, 0.6) is 0 Å². The van der Waals surface area contributed by atoms with Crippen molar-refractivity contribution in [3.63, 3.8) is 0 Å². The molecule has 3 rings (SSSR count). The molecule has 1 heterocycles. The lowest BCUT2D eigenvalue weighted by Crippen LogP contribution is -2.46. The highest BCUT2D eigenvalue weighted by Gasteiger charge is 2.27. The number of carbonyl (C=O) groups excluding carboxylic acids is 1. The summed E-state index contributed by atoms with van der Waals surface area (Å²) in [5.74, 6) is 1.42. The lowest BCUT2D eigenvalue weighted by atomic mass is 10.0. The van der Waals surface area contributed by atoms with Gasteiger partial charge in [-0.3, -0.25) is 9.69 Å². The monoisotopic (exact) mass is 289 g/mol. The van der Waals surface area contributed by atoms with E-state index in [2.05, 4.69) is 30.9 Å². The SMILES string of the molecule is CC1SCCN(CC(=O)c2ccc3c(c2)CCC3)C1C. The van der Waals surface area contributed by atoms with E-state index >= 15 is 0 Å². The molecule has 2 atom stereocenters. The van der Waals surface area contributed by atoms with Gasteiger partial charge in [-0.1, -0.05) is 19.1 Å². The number of ketones is 1. The molecule has 1 aromatic carbocycles. The molecule has 1 fully saturated rings. The number of carbonyl (C=O) groups is 1. The van der Waals surface area contributed by atoms with Gasteiger partial charge in [0.05, 0.1) is 6.54 Å². The van der Waals surface area contributed by atoms with Gasteiger partial charge in [-0.05, 0) is 43.4 Å². The van der Waals surface area contributed by atoms with Gasteiger partial charge in [-0.25, -0.2) is 0 Å². The minimum atomic E-state index is 0.283. The number of aryl methyl sites for hydroxylation is 2. The second kappa shape index (κ2) is 5.90. The van der Waals surface area contributed by atoms with Crippen LogP contribution in [-0.4, -0.2) is 40.8 Å². The zero-order valence-corrected chi connectivity index (χ0v) is 13.2. The molecule has 0 bridgehead atoms. The third-order valence-corrected chi connectivity index (χ3v) is 6.12. The number of nitrogens with zero attached hydrogens (tertiary/aromatic N) is 1. The van der Waals surface area contributed by atoms with E-state index in [1.807, 2.05) is 17.8 Å². The third-order valence-electron chi connectivity index (χ3n) is 4.78. The zero-order valence-electron chi connectivity index (χ0n) is 12.4. The molecule has 0 amide bonds. The van der Waals surface area contributed by atoms with E-state index in [4.69, 9.17) is 0 Å². The summed E-state index contributed by atoms with van der Waals surface area (Å²) in [6, 6.07) is 6.82. The largest absolute Gasteiger partial charge is 0.293 e. The first-order chi connectivity index (χ1) is 9.65. The van der Waals surface area contributed by atoms with Crippen molar-refractivity contribution in [3.05, 3.63) is 34.9 Å². The molecule has 20 heavy (non-hydrogen) atoms. The van der Waals surface area contributed by atoms with Crippen molar-refractivity contribution in [2.45, 2.75) is 44.4 Å². The predicted octanol–water partition coefficient (Wildman–Crippen LogP) is 3.18. The Balaban J connectivity index is 1.70. The van der Waals surface area contributed by atoms with Crippen LogP contribution >= 0.6 is 11.8 Å². The quantitative estimate of drug-likeness (QED) is 0.797. The van der Waals surface area contributed by atoms with Gasteiger partial charge in [-0.15, -0.1) is 0 Å². The fourth-order valence-corrected chi connectivity index (χ4v) is 4.40. The number of rotatable bonds is 3. The van der Waals surface area contributed by atoms with Crippen LogP contribution in [0.25, 0.3) is 0 Å². The summed E-state index contributed by atoms with van der Waals surface area (Å²) >= 11 is 2.02. The van der Waals surface area contributed by atoms with Gasteiger partial charge < -0.3 is 0 Å². The molecular formula is C17H23NOS. The minimum absolute atomic E-state index is 0.283. The molecule has 0 radical (unpaired) electrons. The Labute approximate surface area is 125 Å². The van der Waals surface area contributed by atoms with Crippen molar-refractivity contribution in [1.82, 2.24) is 4.90 Å². The number of thioether (sulfide) groups is 1. The van der Waals surface area contributed by atoms with Crippen molar-refractivity contribution in [2.75, 3.05) is 18.8 Å². The maximum atomic E-state index is 12.5. The average Bonchev–Trinajstić information content (AvgIpc) is 2.91.